The van der Waals surface area contributed by atoms with Gasteiger partial charge in [0.2, 0.25) is 11.5 Å². The first-order valence-corrected chi connectivity index (χ1v) is 15.5. The highest BCUT2D eigenvalue weighted by atomic mass is 17.2. The van der Waals surface area contributed by atoms with Crippen molar-refractivity contribution in [1.82, 2.24) is 9.97 Å². The van der Waals surface area contributed by atoms with E-state index in [0.29, 0.717) is 11.5 Å². The van der Waals surface area contributed by atoms with Crippen LogP contribution in [0.3, 0.4) is 0 Å². The fourth-order valence-electron chi connectivity index (χ4n) is 6.73. The van der Waals surface area contributed by atoms with Gasteiger partial charge >= 0.3 is 0 Å². The summed E-state index contributed by atoms with van der Waals surface area (Å²) < 4.78 is 0. The molecular weight excluding hydrogens is 568 g/mol. The van der Waals surface area contributed by atoms with Gasteiger partial charge in [-0.3, -0.25) is 9.78 Å². The van der Waals surface area contributed by atoms with Gasteiger partial charge in [0, 0.05) is 32.9 Å². The molecule has 0 spiro atoms. The Morgan fingerprint density at radius 2 is 0.783 bits per heavy atom. The lowest BCUT2D eigenvalue weighted by Crippen LogP contribution is -2.07. The number of pyridine rings is 2. The van der Waals surface area contributed by atoms with Crippen molar-refractivity contribution in [3.8, 4) is 11.5 Å². The van der Waals surface area contributed by atoms with Crippen molar-refractivity contribution in [3.63, 3.8) is 0 Å². The zero-order chi connectivity index (χ0) is 30.5. The van der Waals surface area contributed by atoms with Crippen molar-refractivity contribution in [2.75, 3.05) is 10.6 Å². The van der Waals surface area contributed by atoms with Gasteiger partial charge in [0.25, 0.3) is 0 Å². The summed E-state index contributed by atoms with van der Waals surface area (Å²) in [7, 11) is 0. The number of nitrogens with zero attached hydrogens (tertiary/aromatic N) is 2. The quantitative estimate of drug-likeness (QED) is 0.134. The predicted molar refractivity (Wildman–Crippen MR) is 187 cm³/mol. The molecule has 0 saturated carbocycles. The number of anilines is 4. The van der Waals surface area contributed by atoms with E-state index in [1.165, 1.54) is 11.1 Å². The molecule has 0 fully saturated rings. The van der Waals surface area contributed by atoms with E-state index < -0.39 is 0 Å². The lowest BCUT2D eigenvalue weighted by molar-refractivity contribution is -0.0984. The van der Waals surface area contributed by atoms with Crippen LogP contribution in [0.5, 0.6) is 11.5 Å². The monoisotopic (exact) mass is 596 g/mol. The molecule has 0 saturated heterocycles. The molecule has 6 nitrogen and oxygen atoms in total. The van der Waals surface area contributed by atoms with E-state index in [1.807, 2.05) is 60.7 Å². The van der Waals surface area contributed by atoms with E-state index in [4.69, 9.17) is 19.7 Å². The van der Waals surface area contributed by atoms with Crippen LogP contribution in [-0.2, 0) is 12.8 Å². The molecule has 46 heavy (non-hydrogen) atoms. The van der Waals surface area contributed by atoms with E-state index in [9.17, 15) is 0 Å². The summed E-state index contributed by atoms with van der Waals surface area (Å²) >= 11 is 0. The number of para-hydroxylation sites is 6. The maximum Gasteiger partial charge on any atom is 0.201 e. The molecule has 6 heteroatoms. The molecule has 2 aromatic heterocycles. The number of nitrogens with one attached hydrogen (secondary N) is 2. The third-order valence-corrected chi connectivity index (χ3v) is 8.79. The zero-order valence-electron chi connectivity index (χ0n) is 24.8. The first-order valence-electron chi connectivity index (χ1n) is 15.5. The summed E-state index contributed by atoms with van der Waals surface area (Å²) in [5, 5.41) is 11.8. The Bertz CT molecular complexity index is 2280. The van der Waals surface area contributed by atoms with E-state index >= 15 is 0 Å². The van der Waals surface area contributed by atoms with Crippen LogP contribution in [0.25, 0.3) is 43.6 Å². The van der Waals surface area contributed by atoms with Crippen molar-refractivity contribution in [2.24, 2.45) is 0 Å². The molecule has 2 N–H and O–H groups in total. The van der Waals surface area contributed by atoms with Crippen LogP contribution >= 0.6 is 0 Å². The van der Waals surface area contributed by atoms with E-state index in [-0.39, 0.29) is 0 Å². The molecule has 1 aliphatic heterocycles. The third kappa shape index (κ3) is 4.42. The highest BCUT2D eigenvalue weighted by Crippen LogP contribution is 2.40. The van der Waals surface area contributed by atoms with Crippen LogP contribution in [0.4, 0.5) is 22.7 Å². The third-order valence-electron chi connectivity index (χ3n) is 8.79. The fraction of sp³-hybridized carbons (Fsp3) is 0.0500. The largest absolute Gasteiger partial charge is 0.352 e. The Balaban J connectivity index is 1.34. The van der Waals surface area contributed by atoms with Gasteiger partial charge in [-0.1, -0.05) is 72.8 Å². The summed E-state index contributed by atoms with van der Waals surface area (Å²) in [5.74, 6) is 1.14. The van der Waals surface area contributed by atoms with Crippen LogP contribution in [0.2, 0.25) is 0 Å². The van der Waals surface area contributed by atoms with E-state index in [2.05, 4.69) is 83.4 Å². The van der Waals surface area contributed by atoms with Crippen molar-refractivity contribution >= 4 is 66.4 Å². The van der Waals surface area contributed by atoms with E-state index in [0.717, 1.165) is 79.2 Å². The Kier molecular flexibility index (Phi) is 6.16. The molecule has 0 bridgehead atoms. The minimum atomic E-state index is 0.569. The Labute approximate surface area is 265 Å². The summed E-state index contributed by atoms with van der Waals surface area (Å²) in [6, 6.07) is 45.0. The van der Waals surface area contributed by atoms with Crippen LogP contribution in [0.15, 0.2) is 133 Å². The number of fused-ring (bicyclic) bond motifs is 6. The highest BCUT2D eigenvalue weighted by molar-refractivity contribution is 6.06. The van der Waals surface area contributed by atoms with Gasteiger partial charge in [-0.25, -0.2) is 9.97 Å². The molecule has 0 unspecified atom stereocenters. The Morgan fingerprint density at radius 1 is 0.391 bits per heavy atom. The first kappa shape index (κ1) is 26.3. The number of hydrogen-bond acceptors (Lipinski definition) is 6. The molecule has 6 aromatic carbocycles. The highest BCUT2D eigenvalue weighted by Gasteiger charge is 2.19. The molecular formula is C40H28N4O2. The van der Waals surface area contributed by atoms with Crippen LogP contribution in [0, 0.1) is 0 Å². The lowest BCUT2D eigenvalue weighted by Gasteiger charge is -2.20. The van der Waals surface area contributed by atoms with Crippen LogP contribution in [-0.4, -0.2) is 9.97 Å². The minimum Gasteiger partial charge on any atom is -0.352 e. The van der Waals surface area contributed by atoms with Gasteiger partial charge in [-0.15, -0.1) is 0 Å². The second-order valence-corrected chi connectivity index (χ2v) is 11.5. The summed E-state index contributed by atoms with van der Waals surface area (Å²) in [6.45, 7) is 0. The van der Waals surface area contributed by atoms with Crippen molar-refractivity contribution in [2.45, 2.75) is 12.8 Å². The number of benzene rings is 6. The molecule has 3 heterocycles. The molecule has 220 valence electrons. The SMILES string of the molecule is c1ccc2c(c1)Nc1cccc3nc4ccccc4c(c13)CCc1c3ccccc3nc3cccc(c13)Nc1ccccc1OO2. The molecule has 8 aromatic rings. The molecule has 0 amide bonds. The molecule has 9 rings (SSSR count). The molecule has 0 aliphatic carbocycles. The summed E-state index contributed by atoms with van der Waals surface area (Å²) in [6.07, 6.45) is 1.60. The predicted octanol–water partition coefficient (Wildman–Crippen LogP) is 10.0. The van der Waals surface area contributed by atoms with Gasteiger partial charge < -0.3 is 10.6 Å². The first-order chi connectivity index (χ1) is 22.8. The number of aromatic nitrogens is 2. The molecule has 0 radical (unpaired) electrons. The van der Waals surface area contributed by atoms with Gasteiger partial charge in [0.1, 0.15) is 0 Å². The van der Waals surface area contributed by atoms with Gasteiger partial charge in [-0.2, -0.15) is 0 Å². The topological polar surface area (TPSA) is 68.3 Å². The standard InChI is InChI=1S/C40H28N4O2/c1-3-13-29-25(11-1)27-23-24-28-26-12-2-4-14-30(26)42-34-18-10-20-36(40(28)34)44-32-16-6-8-22-38(32)46-45-37-21-7-5-15-31(37)43-35-19-9-17-33(41-29)39(27)35/h1-22,43-44H,23-24H2. The van der Waals surface area contributed by atoms with Gasteiger partial charge in [-0.05, 0) is 84.6 Å². The van der Waals surface area contributed by atoms with Crippen molar-refractivity contribution in [3.05, 3.63) is 145 Å². The van der Waals surface area contributed by atoms with Gasteiger partial charge in [0.05, 0.1) is 33.4 Å². The minimum absolute atomic E-state index is 0.569. The number of aryl methyl sites for hydroxylation is 2. The van der Waals surface area contributed by atoms with Crippen molar-refractivity contribution in [1.29, 1.82) is 0 Å². The molecule has 1 aliphatic rings. The lowest BCUT2D eigenvalue weighted by atomic mass is 9.92. The average molecular weight is 597 g/mol. The van der Waals surface area contributed by atoms with Crippen LogP contribution < -0.4 is 20.4 Å². The van der Waals surface area contributed by atoms with Gasteiger partial charge in [0.15, 0.2) is 0 Å². The number of rotatable bonds is 0. The van der Waals surface area contributed by atoms with Crippen molar-refractivity contribution < 1.29 is 9.78 Å². The Morgan fingerprint density at radius 3 is 1.28 bits per heavy atom. The smallest absolute Gasteiger partial charge is 0.201 e. The maximum absolute atomic E-state index is 6.04. The maximum atomic E-state index is 6.04. The molecule has 0 atom stereocenters. The average Bonchev–Trinajstić information content (AvgIpc) is 3.09. The Hall–Kier alpha value is -6.14. The number of hydrogen-bond donors (Lipinski definition) is 2. The van der Waals surface area contributed by atoms with E-state index in [1.54, 1.807) is 0 Å². The normalized spacial score (nSPS) is 12.9. The van der Waals surface area contributed by atoms with Crippen LogP contribution in [0.1, 0.15) is 11.1 Å². The second-order valence-electron chi connectivity index (χ2n) is 11.5. The summed E-state index contributed by atoms with van der Waals surface area (Å²) in [5.41, 5.74) is 9.84. The summed E-state index contributed by atoms with van der Waals surface area (Å²) in [4.78, 5) is 22.3. The second kappa shape index (κ2) is 10.8. The fourth-order valence-corrected chi connectivity index (χ4v) is 6.73. The zero-order valence-corrected chi connectivity index (χ0v) is 24.8.